The molecule has 0 N–H and O–H groups in total. The van der Waals surface area contributed by atoms with Gasteiger partial charge in [-0.15, -0.1) is 0 Å². The van der Waals surface area contributed by atoms with Gasteiger partial charge < -0.3 is 9.13 Å². The molecule has 0 radical (unpaired) electrons. The van der Waals surface area contributed by atoms with E-state index < -0.39 is 7.80 Å². The van der Waals surface area contributed by atoms with Gasteiger partial charge in [0.05, 0.1) is 22.1 Å². The largest absolute Gasteiger partial charge is 0.380 e. The van der Waals surface area contributed by atoms with Gasteiger partial charge in [0, 0.05) is 33.9 Å². The number of hydrogen-bond acceptors (Lipinski definition) is 1. The minimum Gasteiger partial charge on any atom is -0.316 e. The molecule has 0 spiro atoms. The number of hydrogen-bond donors (Lipinski definition) is 0. The molecule has 0 bridgehead atoms. The third kappa shape index (κ3) is 6.44. The first kappa shape index (κ1) is 32.4. The number of aromatic nitrogens is 2. The van der Waals surface area contributed by atoms with Crippen molar-refractivity contribution < 1.29 is 4.57 Å². The molecule has 1 atom stereocenters. The Morgan fingerprint density at radius 3 is 1.32 bits per heavy atom. The van der Waals surface area contributed by atoms with Crippen molar-refractivity contribution in [1.29, 1.82) is 0 Å². The molecule has 9 rings (SSSR count). The summed E-state index contributed by atoms with van der Waals surface area (Å²) in [5.74, 6) is 0. The second-order valence-electron chi connectivity index (χ2n) is 13.2. The van der Waals surface area contributed by atoms with Crippen LogP contribution in [-0.4, -0.2) is 15.3 Å². The van der Waals surface area contributed by atoms with Crippen LogP contribution in [0, 0.1) is 0 Å². The van der Waals surface area contributed by atoms with Crippen molar-refractivity contribution in [3.63, 3.8) is 0 Å². The summed E-state index contributed by atoms with van der Waals surface area (Å²) in [5.41, 5.74) is 10.3. The molecule has 0 aliphatic heterocycles. The summed E-state index contributed by atoms with van der Waals surface area (Å²) >= 11 is 0. The summed E-state index contributed by atoms with van der Waals surface area (Å²) in [7, 11) is -1.45. The molecular weight excluding hydrogens is 664 g/mol. The van der Waals surface area contributed by atoms with Gasteiger partial charge in [-0.3, -0.25) is 0 Å². The van der Waals surface area contributed by atoms with E-state index in [0.717, 1.165) is 33.1 Å². The molecule has 1 unspecified atom stereocenters. The van der Waals surface area contributed by atoms with E-state index in [2.05, 4.69) is 179 Å². The van der Waals surface area contributed by atoms with Crippen LogP contribution in [0.4, 0.5) is 0 Å². The van der Waals surface area contributed by atoms with Crippen LogP contribution in [0.1, 0.15) is 16.7 Å². The third-order valence-electron chi connectivity index (χ3n) is 9.91. The molecular formula is C49H36N2OP+. The average Bonchev–Trinajstić information content (AvgIpc) is 3.72. The molecule has 9 aromatic rings. The Morgan fingerprint density at radius 1 is 0.415 bits per heavy atom. The van der Waals surface area contributed by atoms with E-state index in [9.17, 15) is 4.57 Å². The zero-order chi connectivity index (χ0) is 35.6. The summed E-state index contributed by atoms with van der Waals surface area (Å²) in [6.07, 6.45) is 13.4. The summed E-state index contributed by atoms with van der Waals surface area (Å²) in [6.45, 7) is 0. The lowest BCUT2D eigenvalue weighted by molar-refractivity contribution is 0.594. The first-order valence-electron chi connectivity index (χ1n) is 17.9. The molecule has 2 heterocycles. The van der Waals surface area contributed by atoms with Gasteiger partial charge >= 0.3 is 7.80 Å². The van der Waals surface area contributed by atoms with Gasteiger partial charge in [0.15, 0.2) is 11.5 Å². The standard InChI is InChI=1S/C49H36N2OP/c52-53(41-14-2-1-3-15-41)32-12-13-36-24-26-39(27-25-36)40-34-37(28-30-50-46-20-8-4-16-42(46)43-17-5-9-21-47(43)50)33-38(35-40)29-31-51-48-22-10-6-18-44(48)45-19-7-11-23-49(45)51/h1-31,33-35H,32H2/q+1/b13-12+,30-28+,31-29+. The van der Waals surface area contributed by atoms with Gasteiger partial charge in [0.2, 0.25) is 0 Å². The van der Waals surface area contributed by atoms with Gasteiger partial charge in [-0.1, -0.05) is 126 Å². The number of allylic oxidation sites excluding steroid dienone is 1. The van der Waals surface area contributed by atoms with E-state index in [4.69, 9.17) is 0 Å². The zero-order valence-electron chi connectivity index (χ0n) is 29.1. The Balaban J connectivity index is 1.08. The molecule has 0 aliphatic rings. The van der Waals surface area contributed by atoms with Gasteiger partial charge in [-0.2, -0.15) is 0 Å². The molecule has 0 saturated heterocycles. The van der Waals surface area contributed by atoms with Crippen LogP contribution in [0.5, 0.6) is 0 Å². The van der Waals surface area contributed by atoms with E-state index in [1.165, 1.54) is 43.6 Å². The number of para-hydroxylation sites is 4. The average molecular weight is 700 g/mol. The van der Waals surface area contributed by atoms with Gasteiger partial charge in [0.1, 0.15) is 0 Å². The van der Waals surface area contributed by atoms with E-state index in [0.29, 0.717) is 6.16 Å². The fourth-order valence-corrected chi connectivity index (χ4v) is 8.37. The monoisotopic (exact) mass is 699 g/mol. The SMILES string of the molecule is O=[P+](C/C=C/c1ccc(-c2cc(/C=C/n3c4ccccc4c4ccccc43)cc(/C=C/n3c4ccccc4c4ccccc43)c2)cc1)c1ccccc1. The minimum absolute atomic E-state index is 0.517. The van der Waals surface area contributed by atoms with E-state index in [1.54, 1.807) is 0 Å². The lowest BCUT2D eigenvalue weighted by Crippen LogP contribution is -1.95. The summed E-state index contributed by atoms with van der Waals surface area (Å²) < 4.78 is 17.3. The highest BCUT2D eigenvalue weighted by Crippen LogP contribution is 2.32. The molecule has 0 aliphatic carbocycles. The molecule has 3 nitrogen and oxygen atoms in total. The minimum atomic E-state index is -1.45. The van der Waals surface area contributed by atoms with Crippen LogP contribution >= 0.6 is 7.80 Å². The lowest BCUT2D eigenvalue weighted by atomic mass is 9.98. The van der Waals surface area contributed by atoms with Crippen molar-refractivity contribution in [1.82, 2.24) is 9.13 Å². The second kappa shape index (κ2) is 14.2. The van der Waals surface area contributed by atoms with Crippen LogP contribution in [0.25, 0.3) is 85.4 Å². The predicted molar refractivity (Wildman–Crippen MR) is 229 cm³/mol. The quantitative estimate of drug-likeness (QED) is 0.138. The number of benzene rings is 7. The van der Waals surface area contributed by atoms with Crippen LogP contribution in [0.3, 0.4) is 0 Å². The number of fused-ring (bicyclic) bond motifs is 6. The smallest absolute Gasteiger partial charge is 0.316 e. The highest BCUT2D eigenvalue weighted by molar-refractivity contribution is 7.53. The van der Waals surface area contributed by atoms with Crippen LogP contribution in [0.2, 0.25) is 0 Å². The molecule has 7 aromatic carbocycles. The molecule has 0 saturated carbocycles. The molecule has 2 aromatic heterocycles. The van der Waals surface area contributed by atoms with Gasteiger partial charge in [-0.05, 0) is 101 Å². The Labute approximate surface area is 309 Å². The maximum atomic E-state index is 12.7. The summed E-state index contributed by atoms with van der Waals surface area (Å²) in [5, 5.41) is 5.88. The first-order valence-corrected chi connectivity index (χ1v) is 19.4. The molecule has 0 fully saturated rings. The zero-order valence-corrected chi connectivity index (χ0v) is 30.0. The molecule has 53 heavy (non-hydrogen) atoms. The Morgan fingerprint density at radius 2 is 0.849 bits per heavy atom. The van der Waals surface area contributed by atoms with E-state index in [1.807, 2.05) is 36.4 Å². The Kier molecular flexibility index (Phi) is 8.69. The number of nitrogens with zero attached hydrogens (tertiary/aromatic N) is 2. The molecule has 0 amide bonds. The van der Waals surface area contributed by atoms with Crippen LogP contribution in [0.15, 0.2) is 176 Å². The normalized spacial score (nSPS) is 12.4. The van der Waals surface area contributed by atoms with Gasteiger partial charge in [0.25, 0.3) is 0 Å². The Hall–Kier alpha value is -6.54. The summed E-state index contributed by atoms with van der Waals surface area (Å²) in [6, 6.07) is 59.4. The van der Waals surface area contributed by atoms with Crippen molar-refractivity contribution in [2.45, 2.75) is 0 Å². The van der Waals surface area contributed by atoms with Crippen LogP contribution < -0.4 is 5.30 Å². The van der Waals surface area contributed by atoms with Gasteiger partial charge in [-0.25, -0.2) is 0 Å². The summed E-state index contributed by atoms with van der Waals surface area (Å²) in [4.78, 5) is 0. The number of rotatable bonds is 9. The second-order valence-corrected chi connectivity index (χ2v) is 14.9. The topological polar surface area (TPSA) is 26.9 Å². The maximum absolute atomic E-state index is 12.7. The van der Waals surface area contributed by atoms with Crippen molar-refractivity contribution in [2.75, 3.05) is 6.16 Å². The predicted octanol–water partition coefficient (Wildman–Crippen LogP) is 13.0. The van der Waals surface area contributed by atoms with Crippen LogP contribution in [-0.2, 0) is 4.57 Å². The molecule has 4 heteroatoms. The van der Waals surface area contributed by atoms with E-state index in [-0.39, 0.29) is 0 Å². The van der Waals surface area contributed by atoms with Crippen molar-refractivity contribution in [3.05, 3.63) is 193 Å². The fourth-order valence-electron chi connectivity index (χ4n) is 7.35. The van der Waals surface area contributed by atoms with Crippen molar-refractivity contribution in [3.8, 4) is 11.1 Å². The fraction of sp³-hybridized carbons (Fsp3) is 0.0204. The third-order valence-corrected chi connectivity index (χ3v) is 11.3. The first-order chi connectivity index (χ1) is 26.2. The van der Waals surface area contributed by atoms with E-state index >= 15 is 0 Å². The highest BCUT2D eigenvalue weighted by Gasteiger charge is 2.16. The Bertz CT molecular complexity index is 2620. The van der Waals surface area contributed by atoms with Crippen molar-refractivity contribution in [2.24, 2.45) is 0 Å². The highest BCUT2D eigenvalue weighted by atomic mass is 31.1. The van der Waals surface area contributed by atoms with Crippen molar-refractivity contribution >= 4 is 87.3 Å². The maximum Gasteiger partial charge on any atom is 0.380 e. The molecule has 252 valence electrons. The lowest BCUT2D eigenvalue weighted by Gasteiger charge is -2.08.